The van der Waals surface area contributed by atoms with E-state index in [0.29, 0.717) is 0 Å². The fraction of sp³-hybridized carbons (Fsp3) is 0.684. The maximum atomic E-state index is 5.94. The Labute approximate surface area is 140 Å². The highest BCUT2D eigenvalue weighted by Gasteiger charge is 2.26. The van der Waals surface area contributed by atoms with Gasteiger partial charge in [0.2, 0.25) is 0 Å². The number of hydrogen-bond donors (Lipinski definition) is 0. The van der Waals surface area contributed by atoms with Crippen LogP contribution in [-0.2, 0) is 0 Å². The number of aryl methyl sites for hydroxylation is 1. The van der Waals surface area contributed by atoms with E-state index in [0.717, 1.165) is 30.7 Å². The molecule has 1 aromatic carbocycles. The van der Waals surface area contributed by atoms with E-state index in [4.69, 9.17) is 9.47 Å². The highest BCUT2D eigenvalue weighted by Crippen LogP contribution is 2.28. The SMILES string of the molecule is COc1cc(C)ccc1OCCN1CCC(N2CCCC2)CC1. The maximum absolute atomic E-state index is 5.94. The topological polar surface area (TPSA) is 24.9 Å². The molecule has 4 heteroatoms. The summed E-state index contributed by atoms with van der Waals surface area (Å²) in [6, 6.07) is 6.93. The predicted molar refractivity (Wildman–Crippen MR) is 93.5 cm³/mol. The van der Waals surface area contributed by atoms with Gasteiger partial charge < -0.3 is 14.4 Å². The first-order chi connectivity index (χ1) is 11.3. The van der Waals surface area contributed by atoms with Gasteiger partial charge in [-0.2, -0.15) is 0 Å². The zero-order valence-corrected chi connectivity index (χ0v) is 14.6. The van der Waals surface area contributed by atoms with Gasteiger partial charge in [0.15, 0.2) is 11.5 Å². The molecule has 0 atom stereocenters. The van der Waals surface area contributed by atoms with Crippen molar-refractivity contribution in [3.8, 4) is 11.5 Å². The number of ether oxygens (including phenoxy) is 2. The van der Waals surface area contributed by atoms with Crippen LogP contribution >= 0.6 is 0 Å². The average Bonchev–Trinajstić information content (AvgIpc) is 3.11. The Hall–Kier alpha value is -1.26. The molecule has 2 saturated heterocycles. The van der Waals surface area contributed by atoms with Gasteiger partial charge in [-0.25, -0.2) is 0 Å². The molecule has 2 fully saturated rings. The van der Waals surface area contributed by atoms with Crippen LogP contribution in [0, 0.1) is 6.92 Å². The van der Waals surface area contributed by atoms with Crippen LogP contribution in [0.4, 0.5) is 0 Å². The molecule has 0 radical (unpaired) electrons. The third kappa shape index (κ3) is 4.39. The van der Waals surface area contributed by atoms with E-state index in [-0.39, 0.29) is 0 Å². The van der Waals surface area contributed by atoms with Crippen molar-refractivity contribution in [2.24, 2.45) is 0 Å². The van der Waals surface area contributed by atoms with Gasteiger partial charge in [0.25, 0.3) is 0 Å². The molecule has 0 aliphatic carbocycles. The van der Waals surface area contributed by atoms with Crippen molar-refractivity contribution in [1.82, 2.24) is 9.80 Å². The van der Waals surface area contributed by atoms with Crippen LogP contribution < -0.4 is 9.47 Å². The quantitative estimate of drug-likeness (QED) is 0.805. The monoisotopic (exact) mass is 318 g/mol. The molecule has 23 heavy (non-hydrogen) atoms. The van der Waals surface area contributed by atoms with Crippen LogP contribution in [0.5, 0.6) is 11.5 Å². The van der Waals surface area contributed by atoms with Crippen LogP contribution in [0.2, 0.25) is 0 Å². The number of hydrogen-bond acceptors (Lipinski definition) is 4. The molecule has 0 aromatic heterocycles. The molecule has 4 nitrogen and oxygen atoms in total. The first-order valence-corrected chi connectivity index (χ1v) is 9.00. The number of likely N-dealkylation sites (tertiary alicyclic amines) is 2. The summed E-state index contributed by atoms with van der Waals surface area (Å²) in [5.41, 5.74) is 1.19. The lowest BCUT2D eigenvalue weighted by molar-refractivity contribution is 0.114. The molecule has 0 N–H and O–H groups in total. The zero-order chi connectivity index (χ0) is 16.1. The highest BCUT2D eigenvalue weighted by molar-refractivity contribution is 5.42. The smallest absolute Gasteiger partial charge is 0.161 e. The van der Waals surface area contributed by atoms with Gasteiger partial charge in [0, 0.05) is 12.6 Å². The lowest BCUT2D eigenvalue weighted by atomic mass is 10.0. The van der Waals surface area contributed by atoms with E-state index in [1.165, 1.54) is 57.4 Å². The van der Waals surface area contributed by atoms with E-state index in [1.54, 1.807) is 7.11 Å². The molecule has 3 rings (SSSR count). The molecule has 2 heterocycles. The van der Waals surface area contributed by atoms with Gasteiger partial charge in [0.05, 0.1) is 7.11 Å². The van der Waals surface area contributed by atoms with E-state index < -0.39 is 0 Å². The summed E-state index contributed by atoms with van der Waals surface area (Å²) in [5.74, 6) is 1.68. The molecule has 0 bridgehead atoms. The van der Waals surface area contributed by atoms with Gasteiger partial charge >= 0.3 is 0 Å². The van der Waals surface area contributed by atoms with Gasteiger partial charge in [-0.1, -0.05) is 6.07 Å². The van der Waals surface area contributed by atoms with Crippen molar-refractivity contribution in [2.45, 2.75) is 38.6 Å². The third-order valence-electron chi connectivity index (χ3n) is 5.20. The van der Waals surface area contributed by atoms with Crippen molar-refractivity contribution in [3.63, 3.8) is 0 Å². The number of rotatable bonds is 6. The second-order valence-corrected chi connectivity index (χ2v) is 6.82. The van der Waals surface area contributed by atoms with E-state index >= 15 is 0 Å². The fourth-order valence-electron chi connectivity index (χ4n) is 3.79. The zero-order valence-electron chi connectivity index (χ0n) is 14.6. The molecule has 0 saturated carbocycles. The molecule has 2 aliphatic rings. The van der Waals surface area contributed by atoms with Gasteiger partial charge in [-0.15, -0.1) is 0 Å². The van der Waals surface area contributed by atoms with Crippen molar-refractivity contribution in [3.05, 3.63) is 23.8 Å². The minimum Gasteiger partial charge on any atom is -0.493 e. The summed E-state index contributed by atoms with van der Waals surface area (Å²) < 4.78 is 11.3. The molecular formula is C19H30N2O2. The molecule has 128 valence electrons. The molecular weight excluding hydrogens is 288 g/mol. The molecule has 1 aromatic rings. The highest BCUT2D eigenvalue weighted by atomic mass is 16.5. The third-order valence-corrected chi connectivity index (χ3v) is 5.20. The summed E-state index contributed by atoms with van der Waals surface area (Å²) in [6.07, 6.45) is 5.42. The van der Waals surface area contributed by atoms with Crippen LogP contribution in [-0.4, -0.2) is 62.3 Å². The molecule has 2 aliphatic heterocycles. The molecule has 0 amide bonds. The second kappa shape index (κ2) is 8.02. The Kier molecular flexibility index (Phi) is 5.79. The van der Waals surface area contributed by atoms with E-state index in [2.05, 4.69) is 22.8 Å². The summed E-state index contributed by atoms with van der Waals surface area (Å²) in [5, 5.41) is 0. The first kappa shape index (κ1) is 16.6. The number of benzene rings is 1. The number of piperidine rings is 1. The van der Waals surface area contributed by atoms with Crippen LogP contribution in [0.3, 0.4) is 0 Å². The predicted octanol–water partition coefficient (Wildman–Crippen LogP) is 2.94. The van der Waals surface area contributed by atoms with Crippen molar-refractivity contribution >= 4 is 0 Å². The van der Waals surface area contributed by atoms with Crippen molar-refractivity contribution < 1.29 is 9.47 Å². The lowest BCUT2D eigenvalue weighted by Crippen LogP contribution is -2.44. The van der Waals surface area contributed by atoms with Crippen LogP contribution in [0.1, 0.15) is 31.2 Å². The Balaban J connectivity index is 1.40. The average molecular weight is 318 g/mol. The Morgan fingerprint density at radius 2 is 1.78 bits per heavy atom. The van der Waals surface area contributed by atoms with E-state index in [1.807, 2.05) is 12.1 Å². The molecule has 0 unspecified atom stereocenters. The fourth-order valence-corrected chi connectivity index (χ4v) is 3.79. The minimum absolute atomic E-state index is 0.730. The summed E-state index contributed by atoms with van der Waals surface area (Å²) in [6.45, 7) is 8.85. The first-order valence-electron chi connectivity index (χ1n) is 9.00. The van der Waals surface area contributed by atoms with Crippen molar-refractivity contribution in [1.29, 1.82) is 0 Å². The number of nitrogens with zero attached hydrogens (tertiary/aromatic N) is 2. The van der Waals surface area contributed by atoms with Crippen LogP contribution in [0.25, 0.3) is 0 Å². The van der Waals surface area contributed by atoms with Gasteiger partial charge in [0.1, 0.15) is 6.61 Å². The summed E-state index contributed by atoms with van der Waals surface area (Å²) >= 11 is 0. The normalized spacial score (nSPS) is 20.8. The van der Waals surface area contributed by atoms with Crippen LogP contribution in [0.15, 0.2) is 18.2 Å². The summed E-state index contributed by atoms with van der Waals surface area (Å²) in [7, 11) is 1.70. The summed E-state index contributed by atoms with van der Waals surface area (Å²) in [4.78, 5) is 5.23. The van der Waals surface area contributed by atoms with Gasteiger partial charge in [-0.05, 0) is 76.5 Å². The number of methoxy groups -OCH3 is 1. The maximum Gasteiger partial charge on any atom is 0.161 e. The van der Waals surface area contributed by atoms with Crippen molar-refractivity contribution in [2.75, 3.05) is 46.4 Å². The second-order valence-electron chi connectivity index (χ2n) is 6.82. The minimum atomic E-state index is 0.730. The Morgan fingerprint density at radius 1 is 1.04 bits per heavy atom. The Morgan fingerprint density at radius 3 is 2.48 bits per heavy atom. The molecule has 0 spiro atoms. The standard InChI is InChI=1S/C19H30N2O2/c1-16-5-6-18(19(15-16)22-2)23-14-13-20-11-7-17(8-12-20)21-9-3-4-10-21/h5-6,15,17H,3-4,7-14H2,1-2H3. The van der Waals surface area contributed by atoms with E-state index in [9.17, 15) is 0 Å². The van der Waals surface area contributed by atoms with Gasteiger partial charge in [-0.3, -0.25) is 4.90 Å². The largest absolute Gasteiger partial charge is 0.493 e. The Bertz CT molecular complexity index is 492. The lowest BCUT2D eigenvalue weighted by Gasteiger charge is -2.36.